The summed E-state index contributed by atoms with van der Waals surface area (Å²) in [7, 11) is 0. The normalized spacial score (nSPS) is 15.2. The molecule has 32 heavy (non-hydrogen) atoms. The molecule has 0 amide bonds. The van der Waals surface area contributed by atoms with Crippen molar-refractivity contribution >= 4 is 35.9 Å². The maximum absolute atomic E-state index is 12.9. The van der Waals surface area contributed by atoms with E-state index in [2.05, 4.69) is 35.4 Å². The lowest BCUT2D eigenvalue weighted by molar-refractivity contribution is -0.137. The molecule has 1 aliphatic heterocycles. The maximum Gasteiger partial charge on any atom is 0.416 e. The molecule has 0 radical (unpaired) electrons. The molecule has 7 nitrogen and oxygen atoms in total. The van der Waals surface area contributed by atoms with Gasteiger partial charge in [0.15, 0.2) is 5.96 Å². The van der Waals surface area contributed by atoms with E-state index in [0.29, 0.717) is 24.6 Å². The fraction of sp³-hybridized carbons (Fsp3) is 0.476. The first-order valence-corrected chi connectivity index (χ1v) is 10.4. The standard InChI is InChI=1S/C21H28F3N7.HI/c1-2-25-19(29-16-17-5-3-6-18(15-17)21(22,23)24)26-9-10-30-11-13-31(14-12-30)20-27-7-4-8-28-20;/h3-8,15H,2,9-14,16H2,1H3,(H2,25,26,29);1H. The largest absolute Gasteiger partial charge is 0.416 e. The van der Waals surface area contributed by atoms with Crippen molar-refractivity contribution in [1.29, 1.82) is 0 Å². The van der Waals surface area contributed by atoms with Crippen LogP contribution in [-0.4, -0.2) is 66.6 Å². The van der Waals surface area contributed by atoms with E-state index < -0.39 is 11.7 Å². The van der Waals surface area contributed by atoms with Crippen LogP contribution in [0.3, 0.4) is 0 Å². The van der Waals surface area contributed by atoms with Gasteiger partial charge < -0.3 is 15.5 Å². The molecule has 1 aromatic carbocycles. The first-order chi connectivity index (χ1) is 15.0. The van der Waals surface area contributed by atoms with Crippen molar-refractivity contribution < 1.29 is 13.2 Å². The quantitative estimate of drug-likeness (QED) is 0.307. The number of aliphatic imine (C=N–C) groups is 1. The summed E-state index contributed by atoms with van der Waals surface area (Å²) in [5.41, 5.74) is -0.135. The van der Waals surface area contributed by atoms with Crippen LogP contribution in [0.1, 0.15) is 18.1 Å². The van der Waals surface area contributed by atoms with E-state index >= 15 is 0 Å². The molecule has 176 valence electrons. The first-order valence-electron chi connectivity index (χ1n) is 10.4. The Labute approximate surface area is 203 Å². The molecular formula is C21H29F3IN7. The molecule has 3 rings (SSSR count). The molecular weight excluding hydrogens is 534 g/mol. The number of aromatic nitrogens is 2. The second-order valence-corrected chi connectivity index (χ2v) is 7.20. The Bertz CT molecular complexity index is 841. The summed E-state index contributed by atoms with van der Waals surface area (Å²) in [6.07, 6.45) is -0.849. The average molecular weight is 563 g/mol. The Morgan fingerprint density at radius 3 is 2.44 bits per heavy atom. The summed E-state index contributed by atoms with van der Waals surface area (Å²) < 4.78 is 38.6. The molecule has 0 aliphatic carbocycles. The van der Waals surface area contributed by atoms with Crippen LogP contribution in [0.25, 0.3) is 0 Å². The van der Waals surface area contributed by atoms with E-state index in [9.17, 15) is 13.2 Å². The van der Waals surface area contributed by atoms with Crippen LogP contribution in [0, 0.1) is 0 Å². The van der Waals surface area contributed by atoms with Gasteiger partial charge in [0.05, 0.1) is 12.1 Å². The highest BCUT2D eigenvalue weighted by Gasteiger charge is 2.30. The zero-order chi connectivity index (χ0) is 22.1. The minimum Gasteiger partial charge on any atom is -0.357 e. The van der Waals surface area contributed by atoms with Gasteiger partial charge >= 0.3 is 6.18 Å². The van der Waals surface area contributed by atoms with Crippen LogP contribution >= 0.6 is 24.0 Å². The van der Waals surface area contributed by atoms with Gasteiger partial charge in [-0.05, 0) is 30.7 Å². The summed E-state index contributed by atoms with van der Waals surface area (Å²) in [5, 5.41) is 6.40. The van der Waals surface area contributed by atoms with Crippen LogP contribution in [0.5, 0.6) is 0 Å². The third-order valence-corrected chi connectivity index (χ3v) is 4.95. The van der Waals surface area contributed by atoms with Crippen LogP contribution in [0.15, 0.2) is 47.7 Å². The highest BCUT2D eigenvalue weighted by molar-refractivity contribution is 14.0. The molecule has 11 heteroatoms. The SMILES string of the molecule is CCNC(=NCc1cccc(C(F)(F)F)c1)NCCN1CCN(c2ncccn2)CC1.I. The molecule has 1 saturated heterocycles. The fourth-order valence-electron chi connectivity index (χ4n) is 3.32. The van der Waals surface area contributed by atoms with Gasteiger partial charge in [0.2, 0.25) is 5.95 Å². The average Bonchev–Trinajstić information content (AvgIpc) is 2.78. The lowest BCUT2D eigenvalue weighted by Gasteiger charge is -2.34. The number of piperazine rings is 1. The number of nitrogens with zero attached hydrogens (tertiary/aromatic N) is 5. The third kappa shape index (κ3) is 8.08. The lowest BCUT2D eigenvalue weighted by atomic mass is 10.1. The zero-order valence-corrected chi connectivity index (χ0v) is 20.3. The van der Waals surface area contributed by atoms with Crippen molar-refractivity contribution in [2.45, 2.75) is 19.6 Å². The number of alkyl halides is 3. The number of hydrogen-bond acceptors (Lipinski definition) is 5. The van der Waals surface area contributed by atoms with Crippen molar-refractivity contribution in [2.24, 2.45) is 4.99 Å². The van der Waals surface area contributed by atoms with Gasteiger partial charge in [-0.3, -0.25) is 4.90 Å². The van der Waals surface area contributed by atoms with Crippen LogP contribution < -0.4 is 15.5 Å². The number of guanidine groups is 1. The zero-order valence-electron chi connectivity index (χ0n) is 18.0. The number of anilines is 1. The molecule has 0 unspecified atom stereocenters. The topological polar surface area (TPSA) is 68.7 Å². The fourth-order valence-corrected chi connectivity index (χ4v) is 3.32. The van der Waals surface area contributed by atoms with Gasteiger partial charge in [-0.1, -0.05) is 12.1 Å². The highest BCUT2D eigenvalue weighted by atomic mass is 127. The molecule has 0 saturated carbocycles. The van der Waals surface area contributed by atoms with Crippen LogP contribution in [0.2, 0.25) is 0 Å². The van der Waals surface area contributed by atoms with E-state index in [1.165, 1.54) is 6.07 Å². The number of benzene rings is 1. The highest BCUT2D eigenvalue weighted by Crippen LogP contribution is 2.29. The molecule has 1 aliphatic rings. The molecule has 0 spiro atoms. The van der Waals surface area contributed by atoms with Gasteiger partial charge in [0.25, 0.3) is 0 Å². The Morgan fingerprint density at radius 2 is 1.78 bits per heavy atom. The smallest absolute Gasteiger partial charge is 0.357 e. The number of halogens is 4. The van der Waals surface area contributed by atoms with E-state index in [-0.39, 0.29) is 30.5 Å². The second-order valence-electron chi connectivity index (χ2n) is 7.20. The lowest BCUT2D eigenvalue weighted by Crippen LogP contribution is -2.49. The molecule has 1 fully saturated rings. The molecule has 2 N–H and O–H groups in total. The summed E-state index contributed by atoms with van der Waals surface area (Å²) >= 11 is 0. The third-order valence-electron chi connectivity index (χ3n) is 4.95. The van der Waals surface area contributed by atoms with Crippen molar-refractivity contribution in [2.75, 3.05) is 50.7 Å². The molecule has 2 aromatic rings. The van der Waals surface area contributed by atoms with Gasteiger partial charge in [-0.2, -0.15) is 13.2 Å². The Morgan fingerprint density at radius 1 is 1.06 bits per heavy atom. The summed E-state index contributed by atoms with van der Waals surface area (Å²) in [6, 6.07) is 7.08. The van der Waals surface area contributed by atoms with Crippen LogP contribution in [0.4, 0.5) is 19.1 Å². The maximum atomic E-state index is 12.9. The van der Waals surface area contributed by atoms with E-state index in [4.69, 9.17) is 0 Å². The molecule has 0 bridgehead atoms. The van der Waals surface area contributed by atoms with Gasteiger partial charge in [-0.25, -0.2) is 15.0 Å². The number of hydrogen-bond donors (Lipinski definition) is 2. The minimum atomic E-state index is -4.35. The van der Waals surface area contributed by atoms with Crippen molar-refractivity contribution in [3.8, 4) is 0 Å². The second kappa shape index (κ2) is 12.8. The van der Waals surface area contributed by atoms with Crippen molar-refractivity contribution in [3.63, 3.8) is 0 Å². The van der Waals surface area contributed by atoms with Crippen molar-refractivity contribution in [1.82, 2.24) is 25.5 Å². The summed E-state index contributed by atoms with van der Waals surface area (Å²) in [4.78, 5) is 17.5. The number of nitrogens with one attached hydrogen (secondary N) is 2. The first kappa shape index (κ1) is 26.1. The van der Waals surface area contributed by atoms with Gasteiger partial charge in [0.1, 0.15) is 0 Å². The van der Waals surface area contributed by atoms with E-state index in [0.717, 1.165) is 50.8 Å². The van der Waals surface area contributed by atoms with Crippen molar-refractivity contribution in [3.05, 3.63) is 53.9 Å². The molecule has 1 aromatic heterocycles. The van der Waals surface area contributed by atoms with E-state index in [1.54, 1.807) is 18.5 Å². The van der Waals surface area contributed by atoms with E-state index in [1.807, 2.05) is 13.0 Å². The van der Waals surface area contributed by atoms with Crippen LogP contribution in [-0.2, 0) is 12.7 Å². The Hall–Kier alpha value is -2.15. The predicted molar refractivity (Wildman–Crippen MR) is 130 cm³/mol. The summed E-state index contributed by atoms with van der Waals surface area (Å²) in [5.74, 6) is 1.35. The monoisotopic (exact) mass is 563 g/mol. The molecule has 2 heterocycles. The predicted octanol–water partition coefficient (Wildman–Crippen LogP) is 2.99. The Kier molecular flexibility index (Phi) is 10.4. The van der Waals surface area contributed by atoms with Gasteiger partial charge in [0, 0.05) is 58.2 Å². The summed E-state index contributed by atoms with van der Waals surface area (Å²) in [6.45, 7) is 7.90. The Balaban J connectivity index is 0.00000363. The minimum absolute atomic E-state index is 0. The molecule has 0 atom stereocenters. The van der Waals surface area contributed by atoms with Gasteiger partial charge in [-0.15, -0.1) is 24.0 Å². The number of rotatable bonds is 7.